The topological polar surface area (TPSA) is 164 Å². The first kappa shape index (κ1) is 35.6. The van der Waals surface area contributed by atoms with E-state index in [4.69, 9.17) is 19.3 Å². The zero-order valence-corrected chi connectivity index (χ0v) is 27.6. The average molecular weight is 655 g/mol. The predicted molar refractivity (Wildman–Crippen MR) is 172 cm³/mol. The number of rotatable bonds is 11. The molecule has 0 radical (unpaired) electrons. The molecule has 2 atom stereocenters. The number of hydroxylamine groups is 2. The molecule has 14 heteroatoms. The second kappa shape index (κ2) is 16.5. The van der Waals surface area contributed by atoms with Crippen molar-refractivity contribution in [3.8, 4) is 11.4 Å². The predicted octanol–water partition coefficient (Wildman–Crippen LogP) is 2.95. The van der Waals surface area contributed by atoms with Crippen molar-refractivity contribution in [2.45, 2.75) is 77.5 Å². The fraction of sp³-hybridized carbons (Fsp3) is 0.576. The summed E-state index contributed by atoms with van der Waals surface area (Å²) in [7, 11) is 0. The fourth-order valence-corrected chi connectivity index (χ4v) is 5.52. The van der Waals surface area contributed by atoms with E-state index in [1.165, 1.54) is 5.06 Å². The number of nitrogens with one attached hydrogen (secondary N) is 1. The molecular weight excluding hydrogens is 608 g/mol. The smallest absolute Gasteiger partial charge is 0.460 e. The van der Waals surface area contributed by atoms with Gasteiger partial charge in [0.1, 0.15) is 23.2 Å². The Labute approximate surface area is 275 Å². The van der Waals surface area contributed by atoms with Gasteiger partial charge in [0.15, 0.2) is 5.82 Å². The maximum atomic E-state index is 13.9. The van der Waals surface area contributed by atoms with E-state index in [1.807, 2.05) is 35.2 Å². The van der Waals surface area contributed by atoms with Gasteiger partial charge in [-0.2, -0.15) is 0 Å². The Kier molecular flexibility index (Phi) is 12.5. The number of esters is 1. The van der Waals surface area contributed by atoms with Crippen molar-refractivity contribution in [1.29, 1.82) is 0 Å². The van der Waals surface area contributed by atoms with E-state index in [1.54, 1.807) is 38.7 Å². The molecule has 1 aromatic heterocycles. The van der Waals surface area contributed by atoms with Crippen LogP contribution in [0.3, 0.4) is 0 Å². The molecule has 1 unspecified atom stereocenters. The minimum atomic E-state index is -1.06. The highest BCUT2D eigenvalue weighted by Crippen LogP contribution is 2.26. The van der Waals surface area contributed by atoms with Crippen molar-refractivity contribution in [3.05, 3.63) is 42.1 Å². The highest BCUT2D eigenvalue weighted by Gasteiger charge is 2.32. The van der Waals surface area contributed by atoms with Gasteiger partial charge >= 0.3 is 12.1 Å². The second-order valence-electron chi connectivity index (χ2n) is 12.5. The SMILES string of the molecule is CCOC(=O)ON1CCN(C(=O)C(CCC(=O)OC(C)(C)C)NC(=O)c2cc(N3CCCC[C@H]3CO)nc(-c3ccccc3)n2)CC1. The Morgan fingerprint density at radius 3 is 2.40 bits per heavy atom. The van der Waals surface area contributed by atoms with E-state index in [2.05, 4.69) is 10.3 Å². The lowest BCUT2D eigenvalue weighted by atomic mass is 10.0. The molecule has 3 heterocycles. The number of hydrogen-bond acceptors (Lipinski definition) is 12. The number of carbonyl (C=O) groups excluding carboxylic acids is 4. The maximum absolute atomic E-state index is 13.9. The van der Waals surface area contributed by atoms with Crippen molar-refractivity contribution in [3.63, 3.8) is 0 Å². The van der Waals surface area contributed by atoms with Gasteiger partial charge in [0.25, 0.3) is 5.91 Å². The largest absolute Gasteiger partial charge is 0.527 e. The van der Waals surface area contributed by atoms with Gasteiger partial charge in [0, 0.05) is 37.7 Å². The summed E-state index contributed by atoms with van der Waals surface area (Å²) in [6.07, 6.45) is 1.78. The fourth-order valence-electron chi connectivity index (χ4n) is 5.52. The quantitative estimate of drug-likeness (QED) is 0.341. The third-order valence-corrected chi connectivity index (χ3v) is 7.79. The van der Waals surface area contributed by atoms with E-state index in [0.29, 0.717) is 23.8 Å². The third kappa shape index (κ3) is 10.3. The molecule has 2 aromatic rings. The van der Waals surface area contributed by atoms with Gasteiger partial charge in [-0.1, -0.05) is 30.3 Å². The van der Waals surface area contributed by atoms with Gasteiger partial charge < -0.3 is 34.5 Å². The molecule has 2 aliphatic rings. The summed E-state index contributed by atoms with van der Waals surface area (Å²) >= 11 is 0. The van der Waals surface area contributed by atoms with Crippen LogP contribution in [-0.4, -0.2) is 113 Å². The minimum absolute atomic E-state index is 0.00121. The van der Waals surface area contributed by atoms with Crippen molar-refractivity contribution < 1.29 is 38.6 Å². The van der Waals surface area contributed by atoms with Crippen LogP contribution < -0.4 is 10.2 Å². The maximum Gasteiger partial charge on any atom is 0.527 e. The third-order valence-electron chi connectivity index (χ3n) is 7.79. The van der Waals surface area contributed by atoms with Crippen molar-refractivity contribution in [2.75, 3.05) is 50.8 Å². The number of amides is 2. The van der Waals surface area contributed by atoms with E-state index in [9.17, 15) is 24.3 Å². The second-order valence-corrected chi connectivity index (χ2v) is 12.5. The molecular formula is C33H46N6O8. The lowest BCUT2D eigenvalue weighted by Gasteiger charge is -2.36. The average Bonchev–Trinajstić information content (AvgIpc) is 3.06. The van der Waals surface area contributed by atoms with Crippen LogP contribution in [0.4, 0.5) is 10.6 Å². The molecule has 1 aromatic carbocycles. The number of aliphatic hydroxyl groups excluding tert-OH is 1. The van der Waals surface area contributed by atoms with Gasteiger partial charge in [-0.15, -0.1) is 5.06 Å². The molecule has 2 saturated heterocycles. The molecule has 2 fully saturated rings. The van der Waals surface area contributed by atoms with Crippen LogP contribution in [-0.2, 0) is 23.9 Å². The number of carbonyl (C=O) groups is 4. The highest BCUT2D eigenvalue weighted by atomic mass is 16.8. The van der Waals surface area contributed by atoms with Gasteiger partial charge in [-0.25, -0.2) is 14.8 Å². The highest BCUT2D eigenvalue weighted by molar-refractivity contribution is 5.97. The number of ether oxygens (including phenoxy) is 2. The summed E-state index contributed by atoms with van der Waals surface area (Å²) in [5.41, 5.74) is 0.0570. The zero-order chi connectivity index (χ0) is 34.0. The van der Waals surface area contributed by atoms with Crippen LogP contribution >= 0.6 is 0 Å². The molecule has 4 rings (SSSR count). The first-order valence-corrected chi connectivity index (χ1v) is 16.2. The molecule has 0 aliphatic carbocycles. The Morgan fingerprint density at radius 2 is 1.74 bits per heavy atom. The van der Waals surface area contributed by atoms with Crippen LogP contribution in [0.25, 0.3) is 11.4 Å². The molecule has 0 saturated carbocycles. The standard InChI is InChI=1S/C33H46N6O8/c1-5-45-32(44)47-38-19-17-37(18-20-38)31(43)25(14-15-28(41)46-33(2,3)4)35-30(42)26-21-27(39-16-10-9-13-24(39)22-40)36-29(34-26)23-11-7-6-8-12-23/h6-8,11-12,21,24-25,40H,5,9-10,13-20,22H2,1-4H3,(H,35,42)/t24-,25?/m0/s1. The molecule has 14 nitrogen and oxygen atoms in total. The van der Waals surface area contributed by atoms with Crippen LogP contribution in [0.1, 0.15) is 70.3 Å². The van der Waals surface area contributed by atoms with E-state index >= 15 is 0 Å². The van der Waals surface area contributed by atoms with Gasteiger partial charge in [0.05, 0.1) is 32.3 Å². The number of piperidine rings is 1. The molecule has 0 spiro atoms. The van der Waals surface area contributed by atoms with Crippen LogP contribution in [0.2, 0.25) is 0 Å². The Bertz CT molecular complexity index is 1380. The number of nitrogens with zero attached hydrogens (tertiary/aromatic N) is 5. The Morgan fingerprint density at radius 1 is 1.02 bits per heavy atom. The van der Waals surface area contributed by atoms with Gasteiger partial charge in [-0.05, 0) is 53.4 Å². The Balaban J connectivity index is 1.57. The Hall–Kier alpha value is -4.30. The zero-order valence-electron chi connectivity index (χ0n) is 27.6. The summed E-state index contributed by atoms with van der Waals surface area (Å²) < 4.78 is 10.3. The molecule has 2 amide bonds. The number of piperazine rings is 1. The summed E-state index contributed by atoms with van der Waals surface area (Å²) in [4.78, 5) is 70.1. The lowest BCUT2D eigenvalue weighted by Crippen LogP contribution is -2.55. The van der Waals surface area contributed by atoms with Gasteiger partial charge in [0.2, 0.25) is 5.91 Å². The van der Waals surface area contributed by atoms with Crippen LogP contribution in [0.15, 0.2) is 36.4 Å². The van der Waals surface area contributed by atoms with E-state index in [0.717, 1.165) is 19.3 Å². The van der Waals surface area contributed by atoms with E-state index in [-0.39, 0.29) is 69.9 Å². The molecule has 256 valence electrons. The number of hydrogen-bond donors (Lipinski definition) is 2. The number of aliphatic hydroxyl groups is 1. The minimum Gasteiger partial charge on any atom is -0.460 e. The monoisotopic (exact) mass is 654 g/mol. The lowest BCUT2D eigenvalue weighted by molar-refractivity contribution is -0.158. The summed E-state index contributed by atoms with van der Waals surface area (Å²) in [6, 6.07) is 9.64. The number of aromatic nitrogens is 2. The first-order chi connectivity index (χ1) is 22.5. The van der Waals surface area contributed by atoms with Crippen molar-refractivity contribution in [2.24, 2.45) is 0 Å². The van der Waals surface area contributed by atoms with E-state index < -0.39 is 29.7 Å². The number of anilines is 1. The van der Waals surface area contributed by atoms with Crippen molar-refractivity contribution in [1.82, 2.24) is 25.2 Å². The number of benzene rings is 1. The summed E-state index contributed by atoms with van der Waals surface area (Å²) in [5, 5.41) is 14.3. The molecule has 2 N–H and O–H groups in total. The summed E-state index contributed by atoms with van der Waals surface area (Å²) in [5.74, 6) is -0.628. The molecule has 47 heavy (non-hydrogen) atoms. The van der Waals surface area contributed by atoms with Crippen LogP contribution in [0, 0.1) is 0 Å². The molecule has 2 aliphatic heterocycles. The normalized spacial score (nSPS) is 17.9. The van der Waals surface area contributed by atoms with Gasteiger partial charge in [-0.3, -0.25) is 14.4 Å². The van der Waals surface area contributed by atoms with Crippen molar-refractivity contribution >= 4 is 29.8 Å². The van der Waals surface area contributed by atoms with Crippen LogP contribution in [0.5, 0.6) is 0 Å². The summed E-state index contributed by atoms with van der Waals surface area (Å²) in [6.45, 7) is 8.69. The first-order valence-electron chi connectivity index (χ1n) is 16.2. The molecule has 0 bridgehead atoms.